The lowest BCUT2D eigenvalue weighted by Crippen LogP contribution is -2.39. The summed E-state index contributed by atoms with van der Waals surface area (Å²) < 4.78 is 28.0. The Labute approximate surface area is 308 Å². The molecule has 10 nitrogen and oxygen atoms in total. The van der Waals surface area contributed by atoms with E-state index in [2.05, 4.69) is 29.4 Å². The molecule has 4 aliphatic heterocycles. The zero-order chi connectivity index (χ0) is 36.3. The second-order valence-electron chi connectivity index (χ2n) is 13.9. The van der Waals surface area contributed by atoms with Gasteiger partial charge in [-0.3, -0.25) is 14.5 Å². The molecule has 3 aromatic rings. The molecule has 52 heavy (non-hydrogen) atoms. The normalized spacial score (nSPS) is 19.6. The molecule has 0 saturated carbocycles. The number of amides is 2. The van der Waals surface area contributed by atoms with Crippen molar-refractivity contribution in [2.24, 2.45) is 0 Å². The summed E-state index contributed by atoms with van der Waals surface area (Å²) in [5.74, 6) is -0.486. The van der Waals surface area contributed by atoms with Gasteiger partial charge in [0, 0.05) is 55.8 Å². The second kappa shape index (κ2) is 18.1. The lowest BCUT2D eigenvalue weighted by Gasteiger charge is -2.31. The van der Waals surface area contributed by atoms with Gasteiger partial charge in [-0.25, -0.2) is 0 Å². The minimum absolute atomic E-state index is 0.0816. The topological polar surface area (TPSA) is 98.8 Å². The number of fused-ring (bicyclic) bond motifs is 1. The van der Waals surface area contributed by atoms with Crippen LogP contribution in [-0.4, -0.2) is 88.4 Å². The molecule has 1 atom stereocenters. The molecule has 0 bridgehead atoms. The highest BCUT2D eigenvalue weighted by atomic mass is 16.7. The van der Waals surface area contributed by atoms with E-state index in [0.29, 0.717) is 44.4 Å². The van der Waals surface area contributed by atoms with E-state index in [0.717, 1.165) is 79.6 Å². The Morgan fingerprint density at radius 3 is 2.38 bits per heavy atom. The van der Waals surface area contributed by atoms with Crippen molar-refractivity contribution in [1.82, 2.24) is 4.90 Å². The maximum Gasteiger partial charge on any atom is 0.251 e. The van der Waals surface area contributed by atoms with E-state index < -0.39 is 5.79 Å². The number of rotatable bonds is 10. The third-order valence-corrected chi connectivity index (χ3v) is 9.94. The zero-order valence-electron chi connectivity index (χ0n) is 30.9. The van der Waals surface area contributed by atoms with Crippen LogP contribution in [0.25, 0.3) is 17.2 Å². The van der Waals surface area contributed by atoms with Crippen LogP contribution in [0.5, 0.6) is 5.75 Å². The molecule has 3 fully saturated rings. The SMILES string of the molecule is C1CCOC1.CCOc1ccccc1-c1ccc2c(c1)C=C(C(=O)Nc1ccc(CN(C)C3CCCOC3)cc1)CCN2C(=O)CC1(C)OCCO1. The van der Waals surface area contributed by atoms with Crippen molar-refractivity contribution < 1.29 is 33.3 Å². The standard InChI is InChI=1S/C38H45N3O6.C4H8O/c1-4-45-35-10-6-5-9-33(35)28-13-16-34-30(22-28)23-29(17-18-41(34)36(42)24-38(2)46-20-21-47-38)37(43)39-31-14-11-27(12-15-31)25-40(3)32-8-7-19-44-26-32;1-2-4-5-3-1/h5-6,9-16,22-23,32H,4,7-8,17-21,24-26H2,1-3H3,(H,39,43);1-4H2. The highest BCUT2D eigenvalue weighted by Gasteiger charge is 2.36. The first-order valence-corrected chi connectivity index (χ1v) is 18.7. The number of likely N-dealkylation sites (N-methyl/N-ethyl adjacent to an activating group) is 1. The third-order valence-electron chi connectivity index (χ3n) is 9.94. The summed E-state index contributed by atoms with van der Waals surface area (Å²) in [6, 6.07) is 22.3. The van der Waals surface area contributed by atoms with Crippen LogP contribution >= 0.6 is 0 Å². The second-order valence-corrected chi connectivity index (χ2v) is 13.9. The Kier molecular flexibility index (Phi) is 13.1. The van der Waals surface area contributed by atoms with Crippen molar-refractivity contribution in [1.29, 1.82) is 0 Å². The minimum atomic E-state index is -0.960. The summed E-state index contributed by atoms with van der Waals surface area (Å²) >= 11 is 0. The van der Waals surface area contributed by atoms with Crippen LogP contribution in [0, 0.1) is 0 Å². The highest BCUT2D eigenvalue weighted by Crippen LogP contribution is 2.37. The number of hydrogen-bond acceptors (Lipinski definition) is 8. The van der Waals surface area contributed by atoms with Gasteiger partial charge in [0.25, 0.3) is 5.91 Å². The fourth-order valence-corrected chi connectivity index (χ4v) is 7.05. The predicted octanol–water partition coefficient (Wildman–Crippen LogP) is 7.07. The first kappa shape index (κ1) is 37.7. The molecular weight excluding hydrogens is 658 g/mol. The maximum atomic E-state index is 13.8. The number of nitrogens with one attached hydrogen (secondary N) is 1. The largest absolute Gasteiger partial charge is 0.493 e. The zero-order valence-corrected chi connectivity index (χ0v) is 30.9. The fourth-order valence-electron chi connectivity index (χ4n) is 7.05. The van der Waals surface area contributed by atoms with Gasteiger partial charge in [-0.1, -0.05) is 36.4 Å². The molecule has 0 aromatic heterocycles. The van der Waals surface area contributed by atoms with Crippen LogP contribution in [0.15, 0.2) is 72.3 Å². The Morgan fingerprint density at radius 2 is 1.69 bits per heavy atom. The number of anilines is 2. The summed E-state index contributed by atoms with van der Waals surface area (Å²) in [6.45, 7) is 10.0. The Morgan fingerprint density at radius 1 is 0.942 bits per heavy atom. The van der Waals surface area contributed by atoms with E-state index in [4.69, 9.17) is 23.7 Å². The van der Waals surface area contributed by atoms with Crippen molar-refractivity contribution >= 4 is 29.3 Å². The van der Waals surface area contributed by atoms with E-state index in [-0.39, 0.29) is 18.2 Å². The van der Waals surface area contributed by atoms with Crippen LogP contribution in [0.4, 0.5) is 11.4 Å². The number of nitrogens with zero attached hydrogens (tertiary/aromatic N) is 2. The molecule has 3 aromatic carbocycles. The molecular formula is C42H53N3O7. The number of benzene rings is 3. The average molecular weight is 712 g/mol. The monoisotopic (exact) mass is 711 g/mol. The van der Waals surface area contributed by atoms with Crippen molar-refractivity contribution in [2.75, 3.05) is 70.1 Å². The van der Waals surface area contributed by atoms with E-state index in [1.165, 1.54) is 18.4 Å². The average Bonchev–Trinajstić information content (AvgIpc) is 3.85. The summed E-state index contributed by atoms with van der Waals surface area (Å²) in [6.07, 6.45) is 7.17. The molecule has 2 amide bonds. The maximum absolute atomic E-state index is 13.8. The summed E-state index contributed by atoms with van der Waals surface area (Å²) in [4.78, 5) is 31.6. The van der Waals surface area contributed by atoms with Crippen LogP contribution < -0.4 is 15.0 Å². The smallest absolute Gasteiger partial charge is 0.251 e. The van der Waals surface area contributed by atoms with Gasteiger partial charge in [-0.15, -0.1) is 0 Å². The van der Waals surface area contributed by atoms with Crippen LogP contribution in [0.3, 0.4) is 0 Å². The van der Waals surface area contributed by atoms with Crippen molar-refractivity contribution in [2.45, 2.75) is 70.7 Å². The van der Waals surface area contributed by atoms with Crippen molar-refractivity contribution in [3.8, 4) is 16.9 Å². The number of ether oxygens (including phenoxy) is 5. The van der Waals surface area contributed by atoms with Crippen molar-refractivity contribution in [3.63, 3.8) is 0 Å². The van der Waals surface area contributed by atoms with Gasteiger partial charge in [0.1, 0.15) is 5.75 Å². The van der Waals surface area contributed by atoms with Gasteiger partial charge >= 0.3 is 0 Å². The molecule has 3 saturated heterocycles. The first-order valence-electron chi connectivity index (χ1n) is 18.7. The van der Waals surface area contributed by atoms with Gasteiger partial charge in [0.05, 0.1) is 38.5 Å². The molecule has 0 spiro atoms. The quantitative estimate of drug-likeness (QED) is 0.239. The van der Waals surface area contributed by atoms with E-state index in [9.17, 15) is 9.59 Å². The number of carbonyl (C=O) groups is 2. The lowest BCUT2D eigenvalue weighted by atomic mass is 9.99. The molecule has 4 aliphatic rings. The Balaban J connectivity index is 0.000000856. The molecule has 0 radical (unpaired) electrons. The summed E-state index contributed by atoms with van der Waals surface area (Å²) in [7, 11) is 2.13. The van der Waals surface area contributed by atoms with Gasteiger partial charge in [-0.05, 0) is 106 Å². The molecule has 0 aliphatic carbocycles. The van der Waals surface area contributed by atoms with Crippen molar-refractivity contribution in [3.05, 3.63) is 83.4 Å². The van der Waals surface area contributed by atoms with Crippen LogP contribution in [-0.2, 0) is 35.1 Å². The third kappa shape index (κ3) is 9.87. The van der Waals surface area contributed by atoms with Gasteiger partial charge in [-0.2, -0.15) is 0 Å². The molecule has 4 heterocycles. The fraction of sp³-hybridized carbons (Fsp3) is 0.476. The molecule has 278 valence electrons. The molecule has 1 unspecified atom stereocenters. The molecule has 10 heteroatoms. The Hall–Kier alpha value is -4.06. The number of carbonyl (C=O) groups excluding carboxylic acids is 2. The van der Waals surface area contributed by atoms with Gasteiger partial charge in [0.2, 0.25) is 5.91 Å². The molecule has 7 rings (SSSR count). The number of para-hydroxylation sites is 1. The predicted molar refractivity (Wildman–Crippen MR) is 203 cm³/mol. The van der Waals surface area contributed by atoms with E-state index >= 15 is 0 Å². The number of hydrogen-bond donors (Lipinski definition) is 1. The van der Waals surface area contributed by atoms with Gasteiger partial charge < -0.3 is 33.9 Å². The van der Waals surface area contributed by atoms with Crippen LogP contribution in [0.2, 0.25) is 0 Å². The minimum Gasteiger partial charge on any atom is -0.493 e. The van der Waals surface area contributed by atoms with E-state index in [1.807, 2.05) is 67.6 Å². The summed E-state index contributed by atoms with van der Waals surface area (Å²) in [5.41, 5.74) is 5.91. The van der Waals surface area contributed by atoms with E-state index in [1.54, 1.807) is 11.8 Å². The summed E-state index contributed by atoms with van der Waals surface area (Å²) in [5, 5.41) is 3.09. The van der Waals surface area contributed by atoms with Crippen LogP contribution in [0.1, 0.15) is 63.5 Å². The molecule has 1 N–H and O–H groups in total. The highest BCUT2D eigenvalue weighted by molar-refractivity contribution is 6.08. The first-order chi connectivity index (χ1) is 25.3. The Bertz CT molecular complexity index is 1670. The van der Waals surface area contributed by atoms with Gasteiger partial charge in [0.15, 0.2) is 5.79 Å². The lowest BCUT2D eigenvalue weighted by molar-refractivity contribution is -0.158.